The van der Waals surface area contributed by atoms with Gasteiger partial charge in [0.25, 0.3) is 0 Å². The third-order valence-corrected chi connectivity index (χ3v) is 8.25. The van der Waals surface area contributed by atoms with E-state index < -0.39 is 12.0 Å². The van der Waals surface area contributed by atoms with E-state index >= 15 is 0 Å². The molecule has 1 aromatic carbocycles. The fourth-order valence-corrected chi connectivity index (χ4v) is 6.69. The van der Waals surface area contributed by atoms with E-state index in [2.05, 4.69) is 17.0 Å². The molecule has 1 aromatic rings. The molecule has 2 heterocycles. The fourth-order valence-electron chi connectivity index (χ4n) is 6.69. The maximum Gasteiger partial charge on any atom is 0.573 e. The van der Waals surface area contributed by atoms with Crippen LogP contribution in [0.1, 0.15) is 69.8 Å². The molecule has 32 heavy (non-hydrogen) atoms. The van der Waals surface area contributed by atoms with Crippen LogP contribution >= 0.6 is 0 Å². The van der Waals surface area contributed by atoms with Gasteiger partial charge in [0.2, 0.25) is 0 Å². The van der Waals surface area contributed by atoms with E-state index in [0.717, 1.165) is 62.0 Å². The van der Waals surface area contributed by atoms with Crippen LogP contribution in [0, 0.1) is 5.92 Å². The Balaban J connectivity index is 1.69. The van der Waals surface area contributed by atoms with Gasteiger partial charge in [0.15, 0.2) is 0 Å². The Morgan fingerprint density at radius 1 is 1.16 bits per heavy atom. The van der Waals surface area contributed by atoms with E-state index in [9.17, 15) is 18.3 Å². The minimum Gasteiger partial charge on any atom is -0.406 e. The lowest BCUT2D eigenvalue weighted by Crippen LogP contribution is -2.63. The number of ether oxygens (including phenoxy) is 1. The van der Waals surface area contributed by atoms with Gasteiger partial charge < -0.3 is 19.6 Å². The Hall–Kier alpha value is -1.31. The molecular formula is C25H38F3N2O2+. The summed E-state index contributed by atoms with van der Waals surface area (Å²) in [7, 11) is 0. The van der Waals surface area contributed by atoms with E-state index in [4.69, 9.17) is 0 Å². The number of nitrogens with one attached hydrogen (secondary N) is 1. The highest BCUT2D eigenvalue weighted by Crippen LogP contribution is 2.47. The van der Waals surface area contributed by atoms with Crippen molar-refractivity contribution in [1.29, 1.82) is 0 Å². The Kier molecular flexibility index (Phi) is 7.08. The molecule has 2 aliphatic heterocycles. The lowest BCUT2D eigenvalue weighted by Gasteiger charge is -2.52. The second-order valence-electron chi connectivity index (χ2n) is 10.5. The quantitative estimate of drug-likeness (QED) is 0.595. The first-order chi connectivity index (χ1) is 15.2. The Morgan fingerprint density at radius 2 is 1.88 bits per heavy atom. The van der Waals surface area contributed by atoms with E-state index in [1.54, 1.807) is 6.07 Å². The molecule has 180 valence electrons. The summed E-state index contributed by atoms with van der Waals surface area (Å²) in [6, 6.07) is 6.94. The zero-order valence-corrected chi connectivity index (χ0v) is 19.2. The molecule has 0 amide bonds. The van der Waals surface area contributed by atoms with E-state index in [1.807, 2.05) is 6.07 Å². The summed E-state index contributed by atoms with van der Waals surface area (Å²) in [4.78, 5) is 0. The van der Waals surface area contributed by atoms with Gasteiger partial charge in [-0.25, -0.2) is 0 Å². The van der Waals surface area contributed by atoms with Gasteiger partial charge in [-0.1, -0.05) is 19.1 Å². The predicted octanol–water partition coefficient (Wildman–Crippen LogP) is 4.97. The minimum absolute atomic E-state index is 0.193. The van der Waals surface area contributed by atoms with E-state index in [-0.39, 0.29) is 11.7 Å². The van der Waals surface area contributed by atoms with Gasteiger partial charge in [0.1, 0.15) is 5.75 Å². The average molecular weight is 456 g/mol. The van der Waals surface area contributed by atoms with Crippen LogP contribution in [0.2, 0.25) is 0 Å². The Morgan fingerprint density at radius 3 is 2.50 bits per heavy atom. The van der Waals surface area contributed by atoms with Crippen molar-refractivity contribution in [2.75, 3.05) is 32.7 Å². The number of piperidine rings is 2. The molecule has 0 aromatic heterocycles. The molecule has 3 fully saturated rings. The van der Waals surface area contributed by atoms with Crippen LogP contribution in [0.5, 0.6) is 5.75 Å². The van der Waals surface area contributed by atoms with Crippen molar-refractivity contribution in [1.82, 2.24) is 5.32 Å². The third kappa shape index (κ3) is 5.42. The SMILES string of the molecule is C[C@@H]1CCC(O)(C(C[N+]2(C3CCNCC3)CCCCC2)c2cccc(OC(F)(F)F)c2)C1. The maximum absolute atomic E-state index is 12.9. The molecule has 7 heteroatoms. The number of likely N-dealkylation sites (tertiary alicyclic amines) is 1. The first kappa shape index (κ1) is 23.8. The highest BCUT2D eigenvalue weighted by atomic mass is 19.4. The van der Waals surface area contributed by atoms with Gasteiger partial charge in [-0.2, -0.15) is 0 Å². The number of halogens is 3. The van der Waals surface area contributed by atoms with E-state index in [1.165, 1.54) is 31.4 Å². The summed E-state index contributed by atoms with van der Waals surface area (Å²) in [5.41, 5.74) is -0.105. The zero-order valence-electron chi connectivity index (χ0n) is 19.2. The third-order valence-electron chi connectivity index (χ3n) is 8.25. The second kappa shape index (κ2) is 9.51. The molecule has 0 spiro atoms. The molecule has 3 atom stereocenters. The van der Waals surface area contributed by atoms with Crippen LogP contribution in [-0.2, 0) is 0 Å². The van der Waals surface area contributed by atoms with Gasteiger partial charge >= 0.3 is 6.36 Å². The minimum atomic E-state index is -4.72. The molecule has 3 aliphatic rings. The molecule has 2 saturated heterocycles. The summed E-state index contributed by atoms with van der Waals surface area (Å²) in [6.07, 6.45) is 3.50. The summed E-state index contributed by atoms with van der Waals surface area (Å²) >= 11 is 0. The first-order valence-corrected chi connectivity index (χ1v) is 12.3. The largest absolute Gasteiger partial charge is 0.573 e. The van der Waals surface area contributed by atoms with Crippen LogP contribution in [0.3, 0.4) is 0 Å². The van der Waals surface area contributed by atoms with Crippen molar-refractivity contribution in [3.05, 3.63) is 29.8 Å². The number of benzene rings is 1. The van der Waals surface area contributed by atoms with Crippen molar-refractivity contribution < 1.29 is 27.5 Å². The topological polar surface area (TPSA) is 41.5 Å². The first-order valence-electron chi connectivity index (χ1n) is 12.3. The van der Waals surface area contributed by atoms with Crippen molar-refractivity contribution in [3.63, 3.8) is 0 Å². The number of hydrogen-bond donors (Lipinski definition) is 2. The van der Waals surface area contributed by atoms with Crippen molar-refractivity contribution in [2.24, 2.45) is 5.92 Å². The number of quaternary nitrogens is 1. The van der Waals surface area contributed by atoms with Crippen LogP contribution in [-0.4, -0.2) is 60.3 Å². The van der Waals surface area contributed by atoms with Crippen LogP contribution in [0.4, 0.5) is 13.2 Å². The zero-order chi connectivity index (χ0) is 22.8. The number of nitrogens with zero attached hydrogens (tertiary/aromatic N) is 1. The summed E-state index contributed by atoms with van der Waals surface area (Å²) in [6.45, 7) is 7.20. The molecule has 2 unspecified atom stereocenters. The van der Waals surface area contributed by atoms with Gasteiger partial charge in [-0.15, -0.1) is 13.2 Å². The standard InChI is InChI=1S/C25H38F3N2O2/c1-19-8-11-24(31,17-19)23(20-6-5-7-22(16-20)32-25(26,27)28)18-30(14-3-2-4-15-30)21-9-12-29-13-10-21/h5-7,16,19,21,23,29,31H,2-4,8-15,17-18H2,1H3/q+1/t19-,23?,24?/m1/s1. The Bertz CT molecular complexity index is 760. The molecule has 4 nitrogen and oxygen atoms in total. The fraction of sp³-hybridized carbons (Fsp3) is 0.760. The van der Waals surface area contributed by atoms with Crippen LogP contribution in [0.15, 0.2) is 24.3 Å². The highest BCUT2D eigenvalue weighted by Gasteiger charge is 2.49. The lowest BCUT2D eigenvalue weighted by molar-refractivity contribution is -0.958. The van der Waals surface area contributed by atoms with Crippen molar-refractivity contribution in [2.45, 2.75) is 82.2 Å². The molecule has 1 saturated carbocycles. The number of aliphatic hydroxyl groups is 1. The predicted molar refractivity (Wildman–Crippen MR) is 118 cm³/mol. The second-order valence-corrected chi connectivity index (χ2v) is 10.5. The van der Waals surface area contributed by atoms with Gasteiger partial charge in [0.05, 0.1) is 37.2 Å². The molecular weight excluding hydrogens is 417 g/mol. The number of hydrogen-bond acceptors (Lipinski definition) is 3. The van der Waals surface area contributed by atoms with Crippen molar-refractivity contribution in [3.8, 4) is 5.75 Å². The van der Waals surface area contributed by atoms with Crippen LogP contribution in [0.25, 0.3) is 0 Å². The van der Waals surface area contributed by atoms with E-state index in [0.29, 0.717) is 24.8 Å². The van der Waals surface area contributed by atoms with Gasteiger partial charge in [-0.3, -0.25) is 0 Å². The molecule has 4 rings (SSSR count). The lowest BCUT2D eigenvalue weighted by atomic mass is 9.78. The molecule has 2 N–H and O–H groups in total. The maximum atomic E-state index is 12.9. The monoisotopic (exact) mass is 455 g/mol. The molecule has 1 aliphatic carbocycles. The smallest absolute Gasteiger partial charge is 0.406 e. The molecule has 0 bridgehead atoms. The van der Waals surface area contributed by atoms with Crippen molar-refractivity contribution >= 4 is 0 Å². The number of rotatable bonds is 6. The Labute approximate surface area is 189 Å². The summed E-state index contributed by atoms with van der Waals surface area (Å²) in [5.74, 6) is 0.0321. The van der Waals surface area contributed by atoms with Gasteiger partial charge in [-0.05, 0) is 62.1 Å². The molecule has 0 radical (unpaired) electrons. The normalized spacial score (nSPS) is 30.2. The summed E-state index contributed by atoms with van der Waals surface area (Å²) < 4.78 is 43.9. The summed E-state index contributed by atoms with van der Waals surface area (Å²) in [5, 5.41) is 15.3. The average Bonchev–Trinajstić information content (AvgIpc) is 3.12. The van der Waals surface area contributed by atoms with Crippen LogP contribution < -0.4 is 10.1 Å². The number of alkyl halides is 3. The van der Waals surface area contributed by atoms with Gasteiger partial charge in [0, 0.05) is 25.9 Å². The highest BCUT2D eigenvalue weighted by molar-refractivity contribution is 5.33.